The Morgan fingerprint density at radius 3 is 1.89 bits per heavy atom. The Morgan fingerprint density at radius 2 is 1.30 bits per heavy atom. The molecule has 6 atom stereocenters. The molecule has 1 aliphatic heterocycles. The quantitative estimate of drug-likeness (QED) is 0.0282. The minimum atomic E-state index is -1.45. The van der Waals surface area contributed by atoms with Crippen LogP contribution >= 0.6 is 0 Å². The van der Waals surface area contributed by atoms with Gasteiger partial charge in [0.25, 0.3) is 0 Å². The number of nitrogens with one attached hydrogen (secondary N) is 5. The van der Waals surface area contributed by atoms with Crippen LogP contribution in [0.3, 0.4) is 0 Å². The van der Waals surface area contributed by atoms with E-state index in [0.29, 0.717) is 19.3 Å². The zero-order valence-electron chi connectivity index (χ0n) is 36.1. The van der Waals surface area contributed by atoms with Crippen LogP contribution in [0.1, 0.15) is 76.3 Å². The zero-order chi connectivity index (χ0) is 46.5. The van der Waals surface area contributed by atoms with Gasteiger partial charge in [-0.15, -0.1) is 0 Å². The number of hydrogen-bond acceptors (Lipinski definition) is 10. The fourth-order valence-electron chi connectivity index (χ4n) is 7.14. The van der Waals surface area contributed by atoms with Crippen molar-refractivity contribution in [3.63, 3.8) is 0 Å². The molecule has 0 aliphatic carbocycles. The average molecular weight is 877 g/mol. The highest BCUT2D eigenvalue weighted by atomic mass is 16.2. The van der Waals surface area contributed by atoms with Gasteiger partial charge >= 0.3 is 0 Å². The standard InChI is InChI=1S/C43H64N12O8/c1-26(2)23-32(50-36(57)18-17-27-11-5-3-6-12-27)39(60)54-33(24-28-13-7-4-8-14-28)40(61)52-30(19-20-44)42(63)55-22-10-16-34(55)41(62)51-29(15-9-21-49-43(47)48)38(59)53-31(37(46)58)25-35(45)56/h3-8,11-14,26,29-34H,9-10,15-25,44H2,1-2H3,(H2,45,56)(H2,46,58)(H,50,57)(H,51,62)(H,52,61)(H,53,59)(H,54,60)(H4,47,48,49)/t29-,30-,31-,32-,33-,34-/m0/s1. The van der Waals surface area contributed by atoms with Crippen molar-refractivity contribution in [2.75, 3.05) is 19.6 Å². The predicted molar refractivity (Wildman–Crippen MR) is 235 cm³/mol. The molecule has 344 valence electrons. The van der Waals surface area contributed by atoms with E-state index in [1.54, 1.807) is 24.3 Å². The topological polar surface area (TPSA) is 342 Å². The summed E-state index contributed by atoms with van der Waals surface area (Å²) in [6, 6.07) is 11.3. The number of carbonyl (C=O) groups excluding carboxylic acids is 8. The molecular formula is C43H64N12O8. The number of nitrogens with two attached hydrogens (primary N) is 5. The lowest BCUT2D eigenvalue weighted by Crippen LogP contribution is -2.60. The highest BCUT2D eigenvalue weighted by molar-refractivity contribution is 5.98. The van der Waals surface area contributed by atoms with Crippen molar-refractivity contribution < 1.29 is 38.4 Å². The highest BCUT2D eigenvalue weighted by Gasteiger charge is 2.40. The first-order valence-corrected chi connectivity index (χ1v) is 21.2. The minimum Gasteiger partial charge on any atom is -0.370 e. The molecule has 8 amide bonds. The number of aryl methyl sites for hydroxylation is 1. The van der Waals surface area contributed by atoms with Gasteiger partial charge in [0.1, 0.15) is 36.3 Å². The van der Waals surface area contributed by atoms with Crippen LogP contribution in [0.2, 0.25) is 0 Å². The Morgan fingerprint density at radius 1 is 0.714 bits per heavy atom. The number of rotatable bonds is 26. The molecule has 1 aliphatic rings. The van der Waals surface area contributed by atoms with Crippen molar-refractivity contribution in [3.05, 3.63) is 71.8 Å². The van der Waals surface area contributed by atoms with Gasteiger partial charge in [0.2, 0.25) is 47.3 Å². The van der Waals surface area contributed by atoms with Gasteiger partial charge in [-0.2, -0.15) is 0 Å². The summed E-state index contributed by atoms with van der Waals surface area (Å²) >= 11 is 0. The lowest BCUT2D eigenvalue weighted by atomic mass is 10.00. The number of nitrogens with zero attached hydrogens (tertiary/aromatic N) is 2. The first kappa shape index (κ1) is 50.8. The molecule has 3 rings (SSSR count). The van der Waals surface area contributed by atoms with Crippen LogP contribution in [0.15, 0.2) is 65.7 Å². The first-order chi connectivity index (χ1) is 30.0. The maximum absolute atomic E-state index is 14.2. The lowest BCUT2D eigenvalue weighted by molar-refractivity contribution is -0.142. The summed E-state index contributed by atoms with van der Waals surface area (Å²) in [6.45, 7) is 4.05. The van der Waals surface area contributed by atoms with Crippen LogP contribution in [-0.4, -0.2) is 114 Å². The van der Waals surface area contributed by atoms with Gasteiger partial charge in [-0.1, -0.05) is 74.5 Å². The van der Waals surface area contributed by atoms with Crippen LogP contribution in [0, 0.1) is 5.92 Å². The Hall–Kier alpha value is -6.57. The van der Waals surface area contributed by atoms with E-state index < -0.39 is 84.0 Å². The maximum atomic E-state index is 14.2. The number of carbonyl (C=O) groups is 8. The summed E-state index contributed by atoms with van der Waals surface area (Å²) in [6.07, 6.45) is 1.23. The van der Waals surface area contributed by atoms with E-state index in [0.717, 1.165) is 11.1 Å². The Bertz CT molecular complexity index is 1890. The molecule has 0 saturated carbocycles. The van der Waals surface area contributed by atoms with Gasteiger partial charge in [0.15, 0.2) is 5.96 Å². The van der Waals surface area contributed by atoms with Gasteiger partial charge in [0.05, 0.1) is 6.42 Å². The Labute approximate surface area is 367 Å². The number of aliphatic imine (C=N–C) groups is 1. The van der Waals surface area contributed by atoms with Crippen molar-refractivity contribution in [2.24, 2.45) is 39.6 Å². The van der Waals surface area contributed by atoms with Crippen LogP contribution in [-0.2, 0) is 51.2 Å². The second kappa shape index (κ2) is 26.0. The molecular weight excluding hydrogens is 813 g/mol. The van der Waals surface area contributed by atoms with Crippen LogP contribution in [0.25, 0.3) is 0 Å². The van der Waals surface area contributed by atoms with Crippen LogP contribution in [0.4, 0.5) is 0 Å². The summed E-state index contributed by atoms with van der Waals surface area (Å²) in [4.78, 5) is 111. The molecule has 0 radical (unpaired) electrons. The molecule has 0 bridgehead atoms. The van der Waals surface area contributed by atoms with E-state index in [2.05, 4.69) is 31.6 Å². The van der Waals surface area contributed by atoms with Gasteiger partial charge < -0.3 is 60.2 Å². The molecule has 1 heterocycles. The summed E-state index contributed by atoms with van der Waals surface area (Å²) in [5.41, 5.74) is 29.1. The molecule has 0 unspecified atom stereocenters. The molecule has 2 aromatic rings. The number of hydrogen-bond donors (Lipinski definition) is 10. The molecule has 63 heavy (non-hydrogen) atoms. The van der Waals surface area contributed by atoms with Gasteiger partial charge in [-0.05, 0) is 68.5 Å². The second-order valence-electron chi connectivity index (χ2n) is 16.0. The fraction of sp³-hybridized carbons (Fsp3) is 0.512. The normalized spacial score (nSPS) is 15.7. The molecule has 20 nitrogen and oxygen atoms in total. The second-order valence-corrected chi connectivity index (χ2v) is 16.0. The SMILES string of the molecule is CC(C)C[C@H](NC(=O)CCc1ccccc1)C(=O)N[C@@H](Cc1ccccc1)C(=O)N[C@@H](CCN)C(=O)N1CCC[C@H]1C(=O)N[C@@H](CCCN=C(N)N)C(=O)N[C@@H](CC(N)=O)C(N)=O. The summed E-state index contributed by atoms with van der Waals surface area (Å²) in [7, 11) is 0. The van der Waals surface area contributed by atoms with Crippen molar-refractivity contribution in [1.82, 2.24) is 31.5 Å². The molecule has 20 heteroatoms. The van der Waals surface area contributed by atoms with E-state index in [1.807, 2.05) is 50.2 Å². The smallest absolute Gasteiger partial charge is 0.245 e. The van der Waals surface area contributed by atoms with Gasteiger partial charge in [0, 0.05) is 25.9 Å². The molecule has 1 saturated heterocycles. The van der Waals surface area contributed by atoms with Crippen molar-refractivity contribution in [3.8, 4) is 0 Å². The number of primary amides is 2. The first-order valence-electron chi connectivity index (χ1n) is 21.2. The number of benzene rings is 2. The Balaban J connectivity index is 1.80. The molecule has 0 spiro atoms. The third kappa shape index (κ3) is 17.7. The number of amides is 8. The van der Waals surface area contributed by atoms with Gasteiger partial charge in [-0.3, -0.25) is 43.3 Å². The highest BCUT2D eigenvalue weighted by Crippen LogP contribution is 2.20. The van der Waals surface area contributed by atoms with E-state index in [4.69, 9.17) is 28.7 Å². The van der Waals surface area contributed by atoms with Crippen molar-refractivity contribution in [2.45, 2.75) is 114 Å². The third-order valence-corrected chi connectivity index (χ3v) is 10.3. The number of likely N-dealkylation sites (tertiary alicyclic amines) is 1. The molecule has 1 fully saturated rings. The molecule has 0 aromatic heterocycles. The summed E-state index contributed by atoms with van der Waals surface area (Å²) in [5, 5.41) is 13.4. The van der Waals surface area contributed by atoms with Crippen LogP contribution < -0.4 is 55.3 Å². The van der Waals surface area contributed by atoms with Gasteiger partial charge in [-0.25, -0.2) is 0 Å². The van der Waals surface area contributed by atoms with E-state index in [-0.39, 0.29) is 75.9 Å². The fourth-order valence-corrected chi connectivity index (χ4v) is 7.14. The van der Waals surface area contributed by atoms with Crippen molar-refractivity contribution in [1.29, 1.82) is 0 Å². The lowest BCUT2D eigenvalue weighted by Gasteiger charge is -2.31. The summed E-state index contributed by atoms with van der Waals surface area (Å²) in [5.74, 6) is -5.80. The monoisotopic (exact) mass is 876 g/mol. The van der Waals surface area contributed by atoms with E-state index in [1.165, 1.54) is 4.90 Å². The minimum absolute atomic E-state index is 0.00710. The number of guanidine groups is 1. The largest absolute Gasteiger partial charge is 0.370 e. The molecule has 15 N–H and O–H groups in total. The average Bonchev–Trinajstić information content (AvgIpc) is 3.73. The summed E-state index contributed by atoms with van der Waals surface area (Å²) < 4.78 is 0. The third-order valence-electron chi connectivity index (χ3n) is 10.3. The van der Waals surface area contributed by atoms with E-state index in [9.17, 15) is 38.4 Å². The van der Waals surface area contributed by atoms with Crippen molar-refractivity contribution >= 4 is 53.2 Å². The zero-order valence-corrected chi connectivity index (χ0v) is 36.1. The van der Waals surface area contributed by atoms with Crippen LogP contribution in [0.5, 0.6) is 0 Å². The maximum Gasteiger partial charge on any atom is 0.245 e. The Kier molecular flexibility index (Phi) is 21.0. The molecule has 2 aromatic carbocycles. The predicted octanol–water partition coefficient (Wildman–Crippen LogP) is -1.91. The van der Waals surface area contributed by atoms with E-state index >= 15 is 0 Å².